The second-order valence-corrected chi connectivity index (χ2v) is 3.16. The summed E-state index contributed by atoms with van der Waals surface area (Å²) in [6, 6.07) is 7.12. The SMILES string of the molecule is CO[C@@H](C)[C@@H](OC)c1ccccc1O. The molecule has 0 fully saturated rings. The Kier molecular flexibility index (Phi) is 3.92. The molecule has 1 N–H and O–H groups in total. The van der Waals surface area contributed by atoms with Crippen LogP contribution in [0, 0.1) is 0 Å². The molecule has 0 aliphatic carbocycles. The summed E-state index contributed by atoms with van der Waals surface area (Å²) in [6.07, 6.45) is -0.325. The zero-order chi connectivity index (χ0) is 10.6. The molecule has 1 rings (SSSR count). The molecular weight excluding hydrogens is 180 g/mol. The molecule has 14 heavy (non-hydrogen) atoms. The molecule has 0 unspecified atom stereocenters. The lowest BCUT2D eigenvalue weighted by Crippen LogP contribution is -2.19. The van der Waals surface area contributed by atoms with Gasteiger partial charge in [0.25, 0.3) is 0 Å². The molecule has 78 valence electrons. The standard InChI is InChI=1S/C11H16O3/c1-8(13-2)11(14-3)9-6-4-5-7-10(9)12/h4-8,11-12H,1-3H3/t8-,11+/m0/s1. The lowest BCUT2D eigenvalue weighted by Gasteiger charge is -2.22. The van der Waals surface area contributed by atoms with Crippen LogP contribution < -0.4 is 0 Å². The highest BCUT2D eigenvalue weighted by Crippen LogP contribution is 2.29. The maximum Gasteiger partial charge on any atom is 0.121 e. The number of hydrogen-bond acceptors (Lipinski definition) is 3. The lowest BCUT2D eigenvalue weighted by molar-refractivity contribution is -0.0287. The van der Waals surface area contributed by atoms with Gasteiger partial charge in [-0.15, -0.1) is 0 Å². The molecule has 2 atom stereocenters. The van der Waals surface area contributed by atoms with Crippen LogP contribution in [0.2, 0.25) is 0 Å². The molecule has 0 aromatic heterocycles. The smallest absolute Gasteiger partial charge is 0.121 e. The molecule has 0 heterocycles. The molecule has 0 radical (unpaired) electrons. The van der Waals surface area contributed by atoms with E-state index in [1.807, 2.05) is 19.1 Å². The van der Waals surface area contributed by atoms with Crippen LogP contribution in [0.25, 0.3) is 0 Å². The average Bonchev–Trinajstić information content (AvgIpc) is 2.21. The molecule has 0 aliphatic heterocycles. The van der Waals surface area contributed by atoms with Gasteiger partial charge in [0.15, 0.2) is 0 Å². The van der Waals surface area contributed by atoms with Crippen LogP contribution in [0.3, 0.4) is 0 Å². The van der Waals surface area contributed by atoms with Crippen molar-refractivity contribution in [3.63, 3.8) is 0 Å². The summed E-state index contributed by atoms with van der Waals surface area (Å²) >= 11 is 0. The van der Waals surface area contributed by atoms with Crippen molar-refractivity contribution in [3.05, 3.63) is 29.8 Å². The summed E-state index contributed by atoms with van der Waals surface area (Å²) in [6.45, 7) is 1.90. The third kappa shape index (κ3) is 2.25. The Morgan fingerprint density at radius 2 is 1.79 bits per heavy atom. The molecule has 0 saturated carbocycles. The topological polar surface area (TPSA) is 38.7 Å². The average molecular weight is 196 g/mol. The summed E-state index contributed by atoms with van der Waals surface area (Å²) in [5.41, 5.74) is 0.754. The number of ether oxygens (including phenoxy) is 2. The van der Waals surface area contributed by atoms with E-state index in [0.717, 1.165) is 5.56 Å². The van der Waals surface area contributed by atoms with Crippen molar-refractivity contribution in [2.24, 2.45) is 0 Å². The number of para-hydroxylation sites is 1. The van der Waals surface area contributed by atoms with Crippen molar-refractivity contribution in [1.82, 2.24) is 0 Å². The van der Waals surface area contributed by atoms with E-state index in [0.29, 0.717) is 0 Å². The van der Waals surface area contributed by atoms with Gasteiger partial charge in [-0.2, -0.15) is 0 Å². The number of rotatable bonds is 4. The minimum Gasteiger partial charge on any atom is -0.508 e. The van der Waals surface area contributed by atoms with Gasteiger partial charge in [0.1, 0.15) is 11.9 Å². The van der Waals surface area contributed by atoms with E-state index in [9.17, 15) is 5.11 Å². The highest BCUT2D eigenvalue weighted by atomic mass is 16.5. The minimum atomic E-state index is -0.235. The van der Waals surface area contributed by atoms with Gasteiger partial charge in [-0.05, 0) is 13.0 Å². The highest BCUT2D eigenvalue weighted by molar-refractivity contribution is 5.34. The molecule has 0 amide bonds. The van der Waals surface area contributed by atoms with Crippen LogP contribution in [0.4, 0.5) is 0 Å². The number of aromatic hydroxyl groups is 1. The van der Waals surface area contributed by atoms with Gasteiger partial charge in [-0.25, -0.2) is 0 Å². The third-order valence-electron chi connectivity index (χ3n) is 2.30. The molecular formula is C11H16O3. The third-order valence-corrected chi connectivity index (χ3v) is 2.30. The first-order chi connectivity index (χ1) is 6.70. The Bertz CT molecular complexity index is 286. The summed E-state index contributed by atoms with van der Waals surface area (Å²) < 4.78 is 10.5. The second-order valence-electron chi connectivity index (χ2n) is 3.16. The van der Waals surface area contributed by atoms with Gasteiger partial charge in [-0.3, -0.25) is 0 Å². The molecule has 3 heteroatoms. The fourth-order valence-corrected chi connectivity index (χ4v) is 1.42. The largest absolute Gasteiger partial charge is 0.508 e. The van der Waals surface area contributed by atoms with E-state index in [1.165, 1.54) is 0 Å². The van der Waals surface area contributed by atoms with Crippen molar-refractivity contribution in [2.75, 3.05) is 14.2 Å². The van der Waals surface area contributed by atoms with Gasteiger partial charge >= 0.3 is 0 Å². The zero-order valence-electron chi connectivity index (χ0n) is 8.73. The Morgan fingerprint density at radius 3 is 2.29 bits per heavy atom. The van der Waals surface area contributed by atoms with Crippen molar-refractivity contribution in [2.45, 2.75) is 19.1 Å². The Morgan fingerprint density at radius 1 is 1.14 bits per heavy atom. The maximum absolute atomic E-state index is 9.62. The summed E-state index contributed by atoms with van der Waals surface area (Å²) in [5.74, 6) is 0.239. The Balaban J connectivity index is 2.94. The Labute approximate surface area is 84.3 Å². The van der Waals surface area contributed by atoms with Gasteiger partial charge in [0, 0.05) is 19.8 Å². The first kappa shape index (κ1) is 11.0. The van der Waals surface area contributed by atoms with E-state index in [4.69, 9.17) is 9.47 Å². The van der Waals surface area contributed by atoms with Gasteiger partial charge in [-0.1, -0.05) is 18.2 Å². The quantitative estimate of drug-likeness (QED) is 0.801. The fourth-order valence-electron chi connectivity index (χ4n) is 1.42. The highest BCUT2D eigenvalue weighted by Gasteiger charge is 2.20. The normalized spacial score (nSPS) is 15.1. The van der Waals surface area contributed by atoms with Crippen LogP contribution in [-0.4, -0.2) is 25.4 Å². The molecule has 0 spiro atoms. The van der Waals surface area contributed by atoms with Crippen LogP contribution in [0.5, 0.6) is 5.75 Å². The monoisotopic (exact) mass is 196 g/mol. The first-order valence-corrected chi connectivity index (χ1v) is 4.54. The number of benzene rings is 1. The van der Waals surface area contributed by atoms with Crippen molar-refractivity contribution >= 4 is 0 Å². The predicted molar refractivity (Wildman–Crippen MR) is 54.3 cm³/mol. The minimum absolute atomic E-state index is 0.0895. The number of hydrogen-bond donors (Lipinski definition) is 1. The fraction of sp³-hybridized carbons (Fsp3) is 0.455. The predicted octanol–water partition coefficient (Wildman–Crippen LogP) is 2.11. The molecule has 3 nitrogen and oxygen atoms in total. The lowest BCUT2D eigenvalue weighted by atomic mass is 10.0. The van der Waals surface area contributed by atoms with E-state index in [-0.39, 0.29) is 18.0 Å². The van der Waals surface area contributed by atoms with Crippen LogP contribution in [0.15, 0.2) is 24.3 Å². The Hall–Kier alpha value is -1.06. The first-order valence-electron chi connectivity index (χ1n) is 4.54. The van der Waals surface area contributed by atoms with E-state index >= 15 is 0 Å². The van der Waals surface area contributed by atoms with Crippen molar-refractivity contribution < 1.29 is 14.6 Å². The van der Waals surface area contributed by atoms with E-state index in [2.05, 4.69) is 0 Å². The van der Waals surface area contributed by atoms with Crippen LogP contribution >= 0.6 is 0 Å². The number of phenols is 1. The molecule has 0 bridgehead atoms. The summed E-state index contributed by atoms with van der Waals surface area (Å²) in [5, 5.41) is 9.62. The maximum atomic E-state index is 9.62. The molecule has 0 aliphatic rings. The number of phenolic OH excluding ortho intramolecular Hbond substituents is 1. The molecule has 0 saturated heterocycles. The van der Waals surface area contributed by atoms with E-state index < -0.39 is 0 Å². The van der Waals surface area contributed by atoms with Crippen molar-refractivity contribution in [3.8, 4) is 5.75 Å². The van der Waals surface area contributed by atoms with Gasteiger partial charge in [0.05, 0.1) is 6.10 Å². The second kappa shape index (κ2) is 4.98. The zero-order valence-corrected chi connectivity index (χ0v) is 8.73. The van der Waals surface area contributed by atoms with Gasteiger partial charge < -0.3 is 14.6 Å². The molecule has 1 aromatic carbocycles. The number of methoxy groups -OCH3 is 2. The van der Waals surface area contributed by atoms with Crippen LogP contribution in [0.1, 0.15) is 18.6 Å². The molecule has 1 aromatic rings. The van der Waals surface area contributed by atoms with Crippen LogP contribution in [-0.2, 0) is 9.47 Å². The summed E-state index contributed by atoms with van der Waals surface area (Å²) in [4.78, 5) is 0. The summed E-state index contributed by atoms with van der Waals surface area (Å²) in [7, 11) is 3.23. The van der Waals surface area contributed by atoms with E-state index in [1.54, 1.807) is 26.4 Å². The van der Waals surface area contributed by atoms with Gasteiger partial charge in [0.2, 0.25) is 0 Å². The van der Waals surface area contributed by atoms with Crippen molar-refractivity contribution in [1.29, 1.82) is 0 Å².